The summed E-state index contributed by atoms with van der Waals surface area (Å²) < 4.78 is 28.9. The zero-order valence-corrected chi connectivity index (χ0v) is 14.0. The number of halogens is 2. The number of aryl methyl sites for hydroxylation is 2. The third-order valence-corrected chi connectivity index (χ3v) is 4.87. The van der Waals surface area contributed by atoms with Crippen LogP contribution in [0.3, 0.4) is 0 Å². The summed E-state index contributed by atoms with van der Waals surface area (Å²) in [6, 6.07) is 14.4. The third kappa shape index (κ3) is 3.35. The van der Waals surface area contributed by atoms with Crippen LogP contribution in [0.15, 0.2) is 48.5 Å². The Bertz CT molecular complexity index is 793. The Morgan fingerprint density at radius 2 is 1.52 bits per heavy atom. The largest absolute Gasteiger partial charge is 0.206 e. The fourth-order valence-corrected chi connectivity index (χ4v) is 3.61. The predicted octanol–water partition coefficient (Wildman–Crippen LogP) is 6.62. The van der Waals surface area contributed by atoms with Crippen LogP contribution in [0.25, 0.3) is 21.6 Å². The van der Waals surface area contributed by atoms with E-state index in [1.54, 1.807) is 6.07 Å². The van der Waals surface area contributed by atoms with Gasteiger partial charge in [0.05, 0.1) is 5.56 Å². The highest BCUT2D eigenvalue weighted by Gasteiger charge is 2.15. The number of hydrogen-bond donors (Lipinski definition) is 0. The molecule has 3 rings (SSSR count). The molecule has 0 bridgehead atoms. The van der Waals surface area contributed by atoms with E-state index in [2.05, 4.69) is 6.92 Å². The van der Waals surface area contributed by atoms with Gasteiger partial charge in [-0.3, -0.25) is 0 Å². The maximum atomic E-state index is 14.5. The monoisotopic (exact) mass is 328 g/mol. The highest BCUT2D eigenvalue weighted by atomic mass is 32.1. The second kappa shape index (κ2) is 6.63. The van der Waals surface area contributed by atoms with E-state index in [0.717, 1.165) is 23.3 Å². The van der Waals surface area contributed by atoms with Crippen LogP contribution in [0.1, 0.15) is 23.8 Å². The quantitative estimate of drug-likeness (QED) is 0.505. The van der Waals surface area contributed by atoms with E-state index in [1.807, 2.05) is 37.3 Å². The van der Waals surface area contributed by atoms with E-state index < -0.39 is 11.6 Å². The molecule has 0 saturated heterocycles. The predicted molar refractivity (Wildman–Crippen MR) is 93.8 cm³/mol. The summed E-state index contributed by atoms with van der Waals surface area (Å²) in [5.41, 5.74) is 2.70. The van der Waals surface area contributed by atoms with Crippen molar-refractivity contribution in [1.82, 2.24) is 0 Å². The molecule has 2 aromatic carbocycles. The second-order valence-electron chi connectivity index (χ2n) is 5.67. The molecule has 0 aliphatic rings. The number of rotatable bonds is 4. The first-order valence-electron chi connectivity index (χ1n) is 7.73. The fourth-order valence-electron chi connectivity index (χ4n) is 2.70. The second-order valence-corrected chi connectivity index (χ2v) is 6.96. The number of benzene rings is 2. The fraction of sp³-hybridized carbons (Fsp3) is 0.200. The Morgan fingerprint density at radius 3 is 2.04 bits per heavy atom. The molecule has 0 radical (unpaired) electrons. The summed E-state index contributed by atoms with van der Waals surface area (Å²) in [5.74, 6) is -1.03. The maximum absolute atomic E-state index is 14.5. The van der Waals surface area contributed by atoms with Gasteiger partial charge < -0.3 is 0 Å². The lowest BCUT2D eigenvalue weighted by Gasteiger charge is -2.08. The molecule has 0 fully saturated rings. The Labute approximate surface area is 139 Å². The minimum absolute atomic E-state index is 0.0643. The average Bonchev–Trinajstić information content (AvgIpc) is 2.94. The minimum atomic E-state index is -0.514. The van der Waals surface area contributed by atoms with Crippen LogP contribution in [-0.4, -0.2) is 0 Å². The van der Waals surface area contributed by atoms with Crippen molar-refractivity contribution in [1.29, 1.82) is 0 Å². The van der Waals surface area contributed by atoms with E-state index in [0.29, 0.717) is 10.4 Å². The van der Waals surface area contributed by atoms with Gasteiger partial charge in [-0.2, -0.15) is 0 Å². The smallest absolute Gasteiger partial charge is 0.135 e. The lowest BCUT2D eigenvalue weighted by molar-refractivity contribution is 0.591. The molecular weight excluding hydrogens is 310 g/mol. The van der Waals surface area contributed by atoms with Gasteiger partial charge in [0.25, 0.3) is 0 Å². The summed E-state index contributed by atoms with van der Waals surface area (Å²) in [5, 5.41) is 0. The molecule has 118 valence electrons. The normalized spacial score (nSPS) is 11.0. The van der Waals surface area contributed by atoms with Crippen molar-refractivity contribution >= 4 is 11.3 Å². The first-order valence-corrected chi connectivity index (χ1v) is 8.55. The molecule has 0 amide bonds. The van der Waals surface area contributed by atoms with Gasteiger partial charge in [0, 0.05) is 9.75 Å². The van der Waals surface area contributed by atoms with Crippen molar-refractivity contribution in [2.45, 2.75) is 26.7 Å². The molecule has 0 aliphatic carbocycles. The van der Waals surface area contributed by atoms with Gasteiger partial charge >= 0.3 is 0 Å². The van der Waals surface area contributed by atoms with Crippen molar-refractivity contribution in [2.75, 3.05) is 0 Å². The number of thiophene rings is 1. The Morgan fingerprint density at radius 1 is 0.870 bits per heavy atom. The summed E-state index contributed by atoms with van der Waals surface area (Å²) in [6.45, 7) is 4.06. The number of hydrogen-bond acceptors (Lipinski definition) is 1. The molecule has 23 heavy (non-hydrogen) atoms. The molecule has 0 saturated carbocycles. The maximum Gasteiger partial charge on any atom is 0.135 e. The highest BCUT2D eigenvalue weighted by Crippen LogP contribution is 2.34. The van der Waals surface area contributed by atoms with Crippen molar-refractivity contribution in [2.24, 2.45) is 0 Å². The summed E-state index contributed by atoms with van der Waals surface area (Å²) in [7, 11) is 0. The third-order valence-electron chi connectivity index (χ3n) is 3.85. The van der Waals surface area contributed by atoms with E-state index >= 15 is 0 Å². The van der Waals surface area contributed by atoms with Gasteiger partial charge in [-0.25, -0.2) is 8.78 Å². The molecule has 0 atom stereocenters. The topological polar surface area (TPSA) is 0 Å². The van der Waals surface area contributed by atoms with Crippen LogP contribution < -0.4 is 0 Å². The van der Waals surface area contributed by atoms with Crippen LogP contribution in [0.5, 0.6) is 0 Å². The molecule has 0 unspecified atom stereocenters. The van der Waals surface area contributed by atoms with Crippen molar-refractivity contribution in [3.05, 3.63) is 70.6 Å². The minimum Gasteiger partial charge on any atom is -0.206 e. The Kier molecular flexibility index (Phi) is 4.58. The van der Waals surface area contributed by atoms with E-state index in [9.17, 15) is 8.78 Å². The van der Waals surface area contributed by atoms with Crippen LogP contribution in [0.2, 0.25) is 0 Å². The molecule has 3 aromatic rings. The van der Waals surface area contributed by atoms with Crippen molar-refractivity contribution < 1.29 is 8.78 Å². The van der Waals surface area contributed by atoms with Gasteiger partial charge in [0.15, 0.2) is 0 Å². The summed E-state index contributed by atoms with van der Waals surface area (Å²) in [6.07, 6.45) is 2.09. The van der Waals surface area contributed by atoms with Crippen LogP contribution in [0.4, 0.5) is 8.78 Å². The van der Waals surface area contributed by atoms with Gasteiger partial charge in [-0.1, -0.05) is 37.6 Å². The summed E-state index contributed by atoms with van der Waals surface area (Å²) in [4.78, 5) is 1.66. The van der Waals surface area contributed by atoms with Crippen molar-refractivity contribution in [3.63, 3.8) is 0 Å². The van der Waals surface area contributed by atoms with Gasteiger partial charge in [-0.05, 0) is 54.3 Å². The van der Waals surface area contributed by atoms with Gasteiger partial charge in [-0.15, -0.1) is 11.3 Å². The lowest BCUT2D eigenvalue weighted by Crippen LogP contribution is -1.91. The molecule has 3 heteroatoms. The van der Waals surface area contributed by atoms with Crippen LogP contribution in [-0.2, 0) is 6.42 Å². The molecule has 1 heterocycles. The first kappa shape index (κ1) is 15.9. The summed E-state index contributed by atoms with van der Waals surface area (Å²) >= 11 is 1.40. The SMILES string of the molecule is CCCc1ccc(-c2cc(F)c(-c3ccc(C)s3)c(F)c2)cc1. The molecular formula is C20H18F2S. The van der Waals surface area contributed by atoms with E-state index in [-0.39, 0.29) is 5.56 Å². The Balaban J connectivity index is 1.99. The van der Waals surface area contributed by atoms with Gasteiger partial charge in [0.1, 0.15) is 11.6 Å². The molecule has 1 aromatic heterocycles. The van der Waals surface area contributed by atoms with Crippen LogP contribution >= 0.6 is 11.3 Å². The average molecular weight is 328 g/mol. The molecule has 0 N–H and O–H groups in total. The zero-order valence-electron chi connectivity index (χ0n) is 13.2. The lowest BCUT2D eigenvalue weighted by atomic mass is 10.00. The van der Waals surface area contributed by atoms with Crippen LogP contribution in [0, 0.1) is 18.6 Å². The van der Waals surface area contributed by atoms with Gasteiger partial charge in [0.2, 0.25) is 0 Å². The molecule has 0 nitrogen and oxygen atoms in total. The van der Waals surface area contributed by atoms with E-state index in [4.69, 9.17) is 0 Å². The van der Waals surface area contributed by atoms with E-state index in [1.165, 1.54) is 29.0 Å². The standard InChI is InChI=1S/C20H18F2S/c1-3-4-14-6-8-15(9-7-14)16-11-17(21)20(18(22)12-16)19-10-5-13(2)23-19/h5-12H,3-4H2,1-2H3. The molecule has 0 spiro atoms. The first-order chi connectivity index (χ1) is 11.1. The zero-order chi connectivity index (χ0) is 16.4. The van der Waals surface area contributed by atoms with Crippen molar-refractivity contribution in [3.8, 4) is 21.6 Å². The molecule has 0 aliphatic heterocycles. The Hall–Kier alpha value is -2.00. The highest BCUT2D eigenvalue weighted by molar-refractivity contribution is 7.15.